The minimum Gasteiger partial charge on any atom is -0.381 e. The van der Waals surface area contributed by atoms with Gasteiger partial charge < -0.3 is 10.1 Å². The van der Waals surface area contributed by atoms with Crippen LogP contribution in [0.2, 0.25) is 0 Å². The molecule has 1 saturated heterocycles. The predicted octanol–water partition coefficient (Wildman–Crippen LogP) is 2.34. The number of rotatable bonds is 5. The topological polar surface area (TPSA) is 81.9 Å². The highest BCUT2D eigenvalue weighted by Gasteiger charge is 2.35. The van der Waals surface area contributed by atoms with Crippen molar-refractivity contribution in [1.82, 2.24) is 25.5 Å². The van der Waals surface area contributed by atoms with E-state index in [1.807, 2.05) is 11.4 Å². The zero-order valence-corrected chi connectivity index (χ0v) is 15.3. The molecular weight excluding hydrogens is 369 g/mol. The molecule has 1 amide bonds. The molecule has 3 heterocycles. The Balaban J connectivity index is 1.55. The third-order valence-electron chi connectivity index (χ3n) is 4.92. The van der Waals surface area contributed by atoms with Crippen molar-refractivity contribution in [3.63, 3.8) is 0 Å². The minimum absolute atomic E-state index is 0.197. The van der Waals surface area contributed by atoms with Gasteiger partial charge in [-0.3, -0.25) is 4.79 Å². The molecule has 1 fully saturated rings. The maximum atomic E-state index is 13.8. The van der Waals surface area contributed by atoms with E-state index < -0.39 is 0 Å². The van der Waals surface area contributed by atoms with Gasteiger partial charge in [0.25, 0.3) is 5.91 Å². The number of hydrogen-bond acceptors (Lipinski definition) is 6. The molecular formula is C18H18FN5O2S. The summed E-state index contributed by atoms with van der Waals surface area (Å²) in [4.78, 5) is 13.3. The van der Waals surface area contributed by atoms with Gasteiger partial charge in [0.2, 0.25) is 0 Å². The number of benzene rings is 1. The molecule has 0 spiro atoms. The average molecular weight is 387 g/mol. The Morgan fingerprint density at radius 1 is 1.33 bits per heavy atom. The van der Waals surface area contributed by atoms with Gasteiger partial charge in [-0.1, -0.05) is 12.1 Å². The SMILES string of the molecule is O=C(NCC1(c2cccc(F)c2)CCOCC1)c1sccc1-n1cnnn1. The molecule has 27 heavy (non-hydrogen) atoms. The highest BCUT2D eigenvalue weighted by atomic mass is 32.1. The van der Waals surface area contributed by atoms with Crippen molar-refractivity contribution in [2.75, 3.05) is 19.8 Å². The summed E-state index contributed by atoms with van der Waals surface area (Å²) < 4.78 is 20.7. The first-order valence-corrected chi connectivity index (χ1v) is 9.49. The summed E-state index contributed by atoms with van der Waals surface area (Å²) in [6, 6.07) is 8.40. The van der Waals surface area contributed by atoms with Crippen LogP contribution in [-0.2, 0) is 10.2 Å². The summed E-state index contributed by atoms with van der Waals surface area (Å²) in [7, 11) is 0. The van der Waals surface area contributed by atoms with E-state index in [-0.39, 0.29) is 17.1 Å². The van der Waals surface area contributed by atoms with Crippen molar-refractivity contribution in [2.24, 2.45) is 0 Å². The standard InChI is InChI=1S/C18H18FN5O2S/c19-14-3-1-2-13(10-14)18(5-7-26-8-6-18)11-20-17(25)16-15(4-9-27-16)24-12-21-22-23-24/h1-4,9-10,12H,5-8,11H2,(H,20,25). The lowest BCUT2D eigenvalue weighted by Gasteiger charge is -2.38. The summed E-state index contributed by atoms with van der Waals surface area (Å²) in [5.74, 6) is -0.471. The fraction of sp³-hybridized carbons (Fsp3) is 0.333. The molecule has 4 rings (SSSR count). The number of carbonyl (C=O) groups excluding carboxylic acids is 1. The van der Waals surface area contributed by atoms with E-state index in [4.69, 9.17) is 4.74 Å². The Hall–Kier alpha value is -2.65. The molecule has 0 unspecified atom stereocenters. The van der Waals surface area contributed by atoms with Gasteiger partial charge in [0, 0.05) is 25.2 Å². The van der Waals surface area contributed by atoms with E-state index in [0.717, 1.165) is 18.4 Å². The van der Waals surface area contributed by atoms with Crippen LogP contribution in [0.4, 0.5) is 4.39 Å². The second-order valence-electron chi connectivity index (χ2n) is 6.48. The van der Waals surface area contributed by atoms with Crippen molar-refractivity contribution in [3.05, 3.63) is 58.3 Å². The van der Waals surface area contributed by atoms with Gasteiger partial charge in [-0.05, 0) is 52.4 Å². The minimum atomic E-state index is -0.345. The van der Waals surface area contributed by atoms with Crippen molar-refractivity contribution in [1.29, 1.82) is 0 Å². The van der Waals surface area contributed by atoms with E-state index in [1.165, 1.54) is 28.4 Å². The third kappa shape index (κ3) is 3.60. The molecule has 0 atom stereocenters. The summed E-state index contributed by atoms with van der Waals surface area (Å²) in [6.07, 6.45) is 2.90. The summed E-state index contributed by atoms with van der Waals surface area (Å²) in [6.45, 7) is 1.58. The van der Waals surface area contributed by atoms with Crippen LogP contribution in [0.1, 0.15) is 28.1 Å². The Morgan fingerprint density at radius 3 is 2.93 bits per heavy atom. The molecule has 0 bridgehead atoms. The molecule has 9 heteroatoms. The maximum absolute atomic E-state index is 13.8. The fourth-order valence-corrected chi connectivity index (χ4v) is 4.20. The zero-order chi connectivity index (χ0) is 18.7. The van der Waals surface area contributed by atoms with Gasteiger partial charge in [0.05, 0.1) is 5.69 Å². The van der Waals surface area contributed by atoms with E-state index in [1.54, 1.807) is 18.2 Å². The number of amides is 1. The van der Waals surface area contributed by atoms with E-state index in [0.29, 0.717) is 30.3 Å². The number of aromatic nitrogens is 4. The van der Waals surface area contributed by atoms with Crippen LogP contribution in [0, 0.1) is 5.82 Å². The second-order valence-corrected chi connectivity index (χ2v) is 7.39. The van der Waals surface area contributed by atoms with Crippen LogP contribution in [0.15, 0.2) is 42.0 Å². The fourth-order valence-electron chi connectivity index (χ4n) is 3.40. The number of hydrogen-bond donors (Lipinski definition) is 1. The van der Waals surface area contributed by atoms with Gasteiger partial charge in [0.1, 0.15) is 17.0 Å². The Morgan fingerprint density at radius 2 is 2.19 bits per heavy atom. The molecule has 0 saturated carbocycles. The Labute approximate surface area is 159 Å². The molecule has 3 aromatic rings. The largest absolute Gasteiger partial charge is 0.381 e. The lowest BCUT2D eigenvalue weighted by molar-refractivity contribution is 0.0486. The van der Waals surface area contributed by atoms with Gasteiger partial charge in [-0.15, -0.1) is 16.4 Å². The van der Waals surface area contributed by atoms with Gasteiger partial charge in [0.15, 0.2) is 0 Å². The molecule has 0 radical (unpaired) electrons. The number of thiophene rings is 1. The van der Waals surface area contributed by atoms with Crippen LogP contribution in [0.3, 0.4) is 0 Å². The van der Waals surface area contributed by atoms with Crippen LogP contribution < -0.4 is 5.32 Å². The van der Waals surface area contributed by atoms with Crippen LogP contribution >= 0.6 is 11.3 Å². The first-order valence-electron chi connectivity index (χ1n) is 8.61. The smallest absolute Gasteiger partial charge is 0.263 e. The molecule has 1 N–H and O–H groups in total. The van der Waals surface area contributed by atoms with Crippen LogP contribution in [-0.4, -0.2) is 45.9 Å². The van der Waals surface area contributed by atoms with Gasteiger partial charge >= 0.3 is 0 Å². The zero-order valence-electron chi connectivity index (χ0n) is 14.5. The molecule has 1 aromatic carbocycles. The van der Waals surface area contributed by atoms with Gasteiger partial charge in [-0.25, -0.2) is 4.39 Å². The lowest BCUT2D eigenvalue weighted by atomic mass is 9.74. The number of nitrogens with zero attached hydrogens (tertiary/aromatic N) is 4. The number of tetrazole rings is 1. The molecule has 7 nitrogen and oxygen atoms in total. The number of halogens is 1. The quantitative estimate of drug-likeness (QED) is 0.727. The number of nitrogens with one attached hydrogen (secondary N) is 1. The van der Waals surface area contributed by atoms with E-state index in [9.17, 15) is 9.18 Å². The molecule has 1 aliphatic rings. The summed E-state index contributed by atoms with van der Waals surface area (Å²) >= 11 is 1.33. The predicted molar refractivity (Wildman–Crippen MR) is 97.5 cm³/mol. The average Bonchev–Trinajstić information content (AvgIpc) is 3.38. The Kier molecular flexibility index (Phi) is 4.95. The normalized spacial score (nSPS) is 16.2. The van der Waals surface area contributed by atoms with Crippen molar-refractivity contribution in [2.45, 2.75) is 18.3 Å². The van der Waals surface area contributed by atoms with Crippen molar-refractivity contribution >= 4 is 17.2 Å². The maximum Gasteiger partial charge on any atom is 0.263 e. The highest BCUT2D eigenvalue weighted by Crippen LogP contribution is 2.35. The first kappa shape index (κ1) is 17.7. The number of ether oxygens (including phenoxy) is 1. The first-order chi connectivity index (χ1) is 13.2. The van der Waals surface area contributed by atoms with Crippen molar-refractivity contribution < 1.29 is 13.9 Å². The van der Waals surface area contributed by atoms with E-state index >= 15 is 0 Å². The highest BCUT2D eigenvalue weighted by molar-refractivity contribution is 7.12. The third-order valence-corrected chi connectivity index (χ3v) is 5.82. The summed E-state index contributed by atoms with van der Waals surface area (Å²) in [5, 5.41) is 15.9. The molecule has 2 aromatic heterocycles. The van der Waals surface area contributed by atoms with Crippen LogP contribution in [0.5, 0.6) is 0 Å². The van der Waals surface area contributed by atoms with E-state index in [2.05, 4.69) is 20.8 Å². The molecule has 1 aliphatic heterocycles. The van der Waals surface area contributed by atoms with Gasteiger partial charge in [-0.2, -0.15) is 4.68 Å². The monoisotopic (exact) mass is 387 g/mol. The van der Waals surface area contributed by atoms with Crippen molar-refractivity contribution in [3.8, 4) is 5.69 Å². The lowest BCUT2D eigenvalue weighted by Crippen LogP contribution is -2.44. The second kappa shape index (κ2) is 7.53. The number of carbonyl (C=O) groups is 1. The molecule has 0 aliphatic carbocycles. The molecule has 140 valence electrons. The van der Waals surface area contributed by atoms with Crippen LogP contribution in [0.25, 0.3) is 5.69 Å². The Bertz CT molecular complexity index is 921. The summed E-state index contributed by atoms with van der Waals surface area (Å²) in [5.41, 5.74) is 1.18.